The van der Waals surface area contributed by atoms with E-state index < -0.39 is 0 Å². The number of hydrogen-bond donors (Lipinski definition) is 2. The van der Waals surface area contributed by atoms with Gasteiger partial charge in [-0.1, -0.05) is 27.7 Å². The van der Waals surface area contributed by atoms with E-state index in [1.165, 1.54) is 0 Å². The Balaban J connectivity index is 1.57. The maximum atomic E-state index is 12.0. The summed E-state index contributed by atoms with van der Waals surface area (Å²) in [7, 11) is 0. The molecule has 0 aromatic carbocycles. The Kier molecular flexibility index (Phi) is 2.53. The lowest BCUT2D eigenvalue weighted by atomic mass is 10.0. The lowest BCUT2D eigenvalue weighted by Crippen LogP contribution is -2.28. The Morgan fingerprint density at radius 3 is 2.47 bits per heavy atom. The highest BCUT2D eigenvalue weighted by Gasteiger charge is 2.64. The first-order valence-electron chi connectivity index (χ1n) is 7.04. The number of nitrogens with zero attached hydrogens (tertiary/aromatic N) is 2. The first-order chi connectivity index (χ1) is 8.84. The molecule has 0 spiro atoms. The van der Waals surface area contributed by atoms with Gasteiger partial charge in [-0.2, -0.15) is 0 Å². The van der Waals surface area contributed by atoms with Crippen molar-refractivity contribution in [3.05, 3.63) is 11.6 Å². The van der Waals surface area contributed by atoms with E-state index >= 15 is 0 Å². The Labute approximate surface area is 113 Å². The van der Waals surface area contributed by atoms with Gasteiger partial charge >= 0.3 is 0 Å². The summed E-state index contributed by atoms with van der Waals surface area (Å²) < 4.78 is 0. The first kappa shape index (κ1) is 12.6. The van der Waals surface area contributed by atoms with Crippen LogP contribution in [-0.2, 0) is 0 Å². The second-order valence-corrected chi connectivity index (χ2v) is 7.02. The van der Waals surface area contributed by atoms with E-state index in [1.54, 1.807) is 0 Å². The fourth-order valence-electron chi connectivity index (χ4n) is 3.03. The number of H-pyrrole nitrogens is 1. The molecular formula is C14H22N4O. The first-order valence-corrected chi connectivity index (χ1v) is 7.04. The Hall–Kier alpha value is -1.39. The average Bonchev–Trinajstić information content (AvgIpc) is 3.15. The minimum atomic E-state index is -0.165. The van der Waals surface area contributed by atoms with Gasteiger partial charge < -0.3 is 5.32 Å². The summed E-state index contributed by atoms with van der Waals surface area (Å²) in [6, 6.07) is 0. The third kappa shape index (κ3) is 1.95. The topological polar surface area (TPSA) is 70.7 Å². The standard InChI is InChI=1S/C14H22N4O/c1-13(2)9(14(13,3)4)7-15-12(19)11-16-10(17-18-11)8-5-6-8/h8-9H,5-7H2,1-4H3,(H,15,19)(H,16,17,18). The zero-order valence-corrected chi connectivity index (χ0v) is 12.1. The number of amides is 1. The smallest absolute Gasteiger partial charge is 0.290 e. The van der Waals surface area contributed by atoms with Gasteiger partial charge in [-0.3, -0.25) is 9.89 Å². The molecule has 2 aliphatic rings. The summed E-state index contributed by atoms with van der Waals surface area (Å²) >= 11 is 0. The fourth-order valence-corrected chi connectivity index (χ4v) is 3.03. The molecule has 0 atom stereocenters. The largest absolute Gasteiger partial charge is 0.349 e. The van der Waals surface area contributed by atoms with Crippen LogP contribution in [-0.4, -0.2) is 27.6 Å². The van der Waals surface area contributed by atoms with Crippen molar-refractivity contribution < 1.29 is 4.79 Å². The predicted molar refractivity (Wildman–Crippen MR) is 71.7 cm³/mol. The van der Waals surface area contributed by atoms with Crippen LogP contribution in [0.25, 0.3) is 0 Å². The molecule has 0 bridgehead atoms. The van der Waals surface area contributed by atoms with E-state index in [1.807, 2.05) is 0 Å². The van der Waals surface area contributed by atoms with E-state index in [2.05, 4.69) is 48.2 Å². The van der Waals surface area contributed by atoms with Crippen molar-refractivity contribution in [3.8, 4) is 0 Å². The average molecular weight is 262 g/mol. The highest BCUT2D eigenvalue weighted by Crippen LogP contribution is 2.67. The summed E-state index contributed by atoms with van der Waals surface area (Å²) in [5.41, 5.74) is 0.580. The molecule has 0 unspecified atom stereocenters. The molecule has 2 fully saturated rings. The van der Waals surface area contributed by atoms with Gasteiger partial charge in [0.2, 0.25) is 5.82 Å². The minimum absolute atomic E-state index is 0.165. The lowest BCUT2D eigenvalue weighted by Gasteiger charge is -2.04. The van der Waals surface area contributed by atoms with Crippen molar-refractivity contribution in [1.82, 2.24) is 20.5 Å². The molecule has 5 nitrogen and oxygen atoms in total. The van der Waals surface area contributed by atoms with Crippen LogP contribution < -0.4 is 5.32 Å². The predicted octanol–water partition coefficient (Wildman–Crippen LogP) is 2.09. The van der Waals surface area contributed by atoms with Gasteiger partial charge in [0.15, 0.2) is 0 Å². The minimum Gasteiger partial charge on any atom is -0.349 e. The summed E-state index contributed by atoms with van der Waals surface area (Å²) in [6.07, 6.45) is 2.31. The Morgan fingerprint density at radius 1 is 1.32 bits per heavy atom. The number of aromatic nitrogens is 3. The number of rotatable bonds is 4. The molecule has 3 rings (SSSR count). The van der Waals surface area contributed by atoms with Crippen LogP contribution in [0.3, 0.4) is 0 Å². The van der Waals surface area contributed by atoms with Crippen molar-refractivity contribution in [2.75, 3.05) is 6.54 Å². The van der Waals surface area contributed by atoms with Crippen molar-refractivity contribution in [2.45, 2.75) is 46.5 Å². The molecule has 5 heteroatoms. The molecule has 0 saturated heterocycles. The van der Waals surface area contributed by atoms with Gasteiger partial charge in [-0.25, -0.2) is 4.98 Å². The molecular weight excluding hydrogens is 240 g/mol. The molecule has 19 heavy (non-hydrogen) atoms. The second kappa shape index (κ2) is 3.81. The number of nitrogens with one attached hydrogen (secondary N) is 2. The number of hydrogen-bond acceptors (Lipinski definition) is 3. The molecule has 0 radical (unpaired) electrons. The lowest BCUT2D eigenvalue weighted by molar-refractivity contribution is 0.0940. The van der Waals surface area contributed by atoms with Gasteiger partial charge in [0.1, 0.15) is 5.82 Å². The van der Waals surface area contributed by atoms with Crippen molar-refractivity contribution in [1.29, 1.82) is 0 Å². The molecule has 1 aromatic heterocycles. The van der Waals surface area contributed by atoms with E-state index in [0.717, 1.165) is 18.7 Å². The molecule has 1 aromatic rings. The Morgan fingerprint density at radius 2 is 1.95 bits per heavy atom. The summed E-state index contributed by atoms with van der Waals surface area (Å²) in [4.78, 5) is 16.3. The third-order valence-corrected chi connectivity index (χ3v) is 5.46. The molecule has 104 valence electrons. The maximum Gasteiger partial charge on any atom is 0.290 e. The normalized spacial score (nSPS) is 24.2. The van der Waals surface area contributed by atoms with Crippen LogP contribution in [0.15, 0.2) is 0 Å². The third-order valence-electron chi connectivity index (χ3n) is 5.46. The van der Waals surface area contributed by atoms with E-state index in [9.17, 15) is 4.79 Å². The van der Waals surface area contributed by atoms with Crippen molar-refractivity contribution in [2.24, 2.45) is 16.7 Å². The molecule has 1 heterocycles. The molecule has 2 aliphatic carbocycles. The number of carbonyl (C=O) groups excluding carboxylic acids is 1. The van der Waals surface area contributed by atoms with Crippen LogP contribution in [0.4, 0.5) is 0 Å². The van der Waals surface area contributed by atoms with Gasteiger partial charge in [0.05, 0.1) is 0 Å². The van der Waals surface area contributed by atoms with Crippen LogP contribution in [0.1, 0.15) is 62.9 Å². The molecule has 1 amide bonds. The summed E-state index contributed by atoms with van der Waals surface area (Å²) in [5.74, 6) is 1.98. The number of aromatic amines is 1. The summed E-state index contributed by atoms with van der Waals surface area (Å²) in [6.45, 7) is 9.71. The molecule has 2 N–H and O–H groups in total. The van der Waals surface area contributed by atoms with Crippen LogP contribution in [0.5, 0.6) is 0 Å². The maximum absolute atomic E-state index is 12.0. The van der Waals surface area contributed by atoms with E-state index in [4.69, 9.17) is 0 Å². The van der Waals surface area contributed by atoms with Gasteiger partial charge in [0, 0.05) is 12.5 Å². The monoisotopic (exact) mass is 262 g/mol. The quantitative estimate of drug-likeness (QED) is 0.873. The van der Waals surface area contributed by atoms with E-state index in [-0.39, 0.29) is 11.7 Å². The highest BCUT2D eigenvalue weighted by molar-refractivity contribution is 5.90. The van der Waals surface area contributed by atoms with Crippen LogP contribution >= 0.6 is 0 Å². The SMILES string of the molecule is CC1(C)C(CNC(=O)c2n[nH]c(C3CC3)n2)C1(C)C. The number of carbonyl (C=O) groups is 1. The van der Waals surface area contributed by atoms with E-state index in [0.29, 0.717) is 29.2 Å². The summed E-state index contributed by atoms with van der Waals surface area (Å²) in [5, 5.41) is 9.82. The van der Waals surface area contributed by atoms with Crippen LogP contribution in [0.2, 0.25) is 0 Å². The van der Waals surface area contributed by atoms with Crippen LogP contribution in [0, 0.1) is 16.7 Å². The molecule has 2 saturated carbocycles. The Bertz CT molecular complexity index is 499. The van der Waals surface area contributed by atoms with Gasteiger partial charge in [0.25, 0.3) is 5.91 Å². The second-order valence-electron chi connectivity index (χ2n) is 7.02. The van der Waals surface area contributed by atoms with Crippen molar-refractivity contribution in [3.63, 3.8) is 0 Å². The fraction of sp³-hybridized carbons (Fsp3) is 0.786. The van der Waals surface area contributed by atoms with Gasteiger partial charge in [-0.15, -0.1) is 5.10 Å². The van der Waals surface area contributed by atoms with Crippen molar-refractivity contribution >= 4 is 5.91 Å². The zero-order chi connectivity index (χ0) is 13.8. The highest BCUT2D eigenvalue weighted by atomic mass is 16.2. The van der Waals surface area contributed by atoms with Gasteiger partial charge in [-0.05, 0) is 29.6 Å². The zero-order valence-electron chi connectivity index (χ0n) is 12.1. The molecule has 0 aliphatic heterocycles.